The lowest BCUT2D eigenvalue weighted by Gasteiger charge is -2.40. The monoisotopic (exact) mass is 410 g/mol. The molecular formula is C22H28B2O6. The summed E-state index contributed by atoms with van der Waals surface area (Å²) in [5.74, 6) is -0.0566. The van der Waals surface area contributed by atoms with Crippen LogP contribution in [0.3, 0.4) is 0 Å². The molecule has 2 aliphatic rings. The Morgan fingerprint density at radius 2 is 1.80 bits per heavy atom. The van der Waals surface area contributed by atoms with Crippen molar-refractivity contribution < 1.29 is 30.3 Å². The molecule has 2 aromatic carbocycles. The van der Waals surface area contributed by atoms with Crippen molar-refractivity contribution in [3.63, 3.8) is 0 Å². The van der Waals surface area contributed by atoms with Crippen LogP contribution in [-0.4, -0.2) is 72.2 Å². The number of hydrogen-bond acceptors (Lipinski definition) is 6. The third-order valence-electron chi connectivity index (χ3n) is 6.61. The summed E-state index contributed by atoms with van der Waals surface area (Å²) in [7, 11) is 4.48. The summed E-state index contributed by atoms with van der Waals surface area (Å²) in [6, 6.07) is 9.93. The maximum Gasteiger partial charge on any atom is 0.121 e. The molecule has 5 atom stereocenters. The largest absolute Gasteiger partial charge is 0.508 e. The van der Waals surface area contributed by atoms with Crippen molar-refractivity contribution >= 4 is 15.7 Å². The van der Waals surface area contributed by atoms with E-state index in [0.717, 1.165) is 23.1 Å². The van der Waals surface area contributed by atoms with Gasteiger partial charge in [0.15, 0.2) is 0 Å². The van der Waals surface area contributed by atoms with E-state index in [4.69, 9.17) is 4.74 Å². The predicted octanol–water partition coefficient (Wildman–Crippen LogP) is -1.22. The first kappa shape index (κ1) is 21.4. The third-order valence-corrected chi connectivity index (χ3v) is 6.61. The van der Waals surface area contributed by atoms with Crippen LogP contribution in [0.1, 0.15) is 39.5 Å². The molecule has 1 aliphatic heterocycles. The number of rotatable bonds is 4. The standard InChI is InChI=1S/C22H28B2O6/c1-10-4-16(26)14(21-20(29)19(28)18(27)17(9-25)30-21)7-13(10)5-11-2-3-12-8-22(23,24)15(12)6-11/h2-4,6-7,17-21,25-29H,5,8-9,23-24H2,1H3/t17-,18-,19+,20-,21+/m1/s1. The predicted molar refractivity (Wildman–Crippen MR) is 117 cm³/mol. The van der Waals surface area contributed by atoms with Crippen LogP contribution in [-0.2, 0) is 22.8 Å². The van der Waals surface area contributed by atoms with Gasteiger partial charge in [0.2, 0.25) is 0 Å². The van der Waals surface area contributed by atoms with Gasteiger partial charge in [0, 0.05) is 5.56 Å². The van der Waals surface area contributed by atoms with Crippen LogP contribution in [0.15, 0.2) is 30.3 Å². The van der Waals surface area contributed by atoms with Gasteiger partial charge in [-0.05, 0) is 54.2 Å². The molecule has 1 fully saturated rings. The summed E-state index contributed by atoms with van der Waals surface area (Å²) in [5.41, 5.74) is 6.12. The Morgan fingerprint density at radius 1 is 1.07 bits per heavy atom. The minimum atomic E-state index is -1.49. The lowest BCUT2D eigenvalue weighted by Crippen LogP contribution is -2.55. The third kappa shape index (κ3) is 3.57. The lowest BCUT2D eigenvalue weighted by atomic mass is 9.42. The highest BCUT2D eigenvalue weighted by Gasteiger charge is 2.44. The summed E-state index contributed by atoms with van der Waals surface area (Å²) >= 11 is 0. The number of aryl methyl sites for hydroxylation is 1. The fourth-order valence-corrected chi connectivity index (χ4v) is 4.74. The van der Waals surface area contributed by atoms with Gasteiger partial charge < -0.3 is 30.3 Å². The van der Waals surface area contributed by atoms with Crippen LogP contribution < -0.4 is 0 Å². The van der Waals surface area contributed by atoms with Crippen molar-refractivity contribution in [2.45, 2.75) is 55.5 Å². The molecule has 1 saturated heterocycles. The van der Waals surface area contributed by atoms with Crippen molar-refractivity contribution in [3.05, 3.63) is 63.7 Å². The zero-order chi connectivity index (χ0) is 21.8. The smallest absolute Gasteiger partial charge is 0.121 e. The minimum absolute atomic E-state index is 0.0566. The van der Waals surface area contributed by atoms with E-state index in [0.29, 0.717) is 12.0 Å². The molecule has 0 spiro atoms. The molecule has 1 aliphatic carbocycles. The summed E-state index contributed by atoms with van der Waals surface area (Å²) in [4.78, 5) is 0. The van der Waals surface area contributed by atoms with Crippen LogP contribution >= 0.6 is 0 Å². The van der Waals surface area contributed by atoms with E-state index in [1.165, 1.54) is 11.1 Å². The van der Waals surface area contributed by atoms with E-state index in [1.54, 1.807) is 12.1 Å². The van der Waals surface area contributed by atoms with E-state index in [9.17, 15) is 25.5 Å². The molecule has 1 heterocycles. The second-order valence-electron chi connectivity index (χ2n) is 9.32. The Kier molecular flexibility index (Phi) is 5.49. The van der Waals surface area contributed by atoms with Gasteiger partial charge in [-0.2, -0.15) is 0 Å². The summed E-state index contributed by atoms with van der Waals surface area (Å²) in [5, 5.41) is 50.8. The van der Waals surface area contributed by atoms with Gasteiger partial charge >= 0.3 is 0 Å². The number of fused-ring (bicyclic) bond motifs is 1. The van der Waals surface area contributed by atoms with Gasteiger partial charge in [-0.25, -0.2) is 0 Å². The molecule has 2 aromatic rings. The molecular weight excluding hydrogens is 382 g/mol. The minimum Gasteiger partial charge on any atom is -0.508 e. The van der Waals surface area contributed by atoms with E-state index >= 15 is 0 Å². The molecule has 8 heteroatoms. The summed E-state index contributed by atoms with van der Waals surface area (Å²) < 4.78 is 5.64. The highest BCUT2D eigenvalue weighted by molar-refractivity contribution is 6.41. The fraction of sp³-hybridized carbons (Fsp3) is 0.455. The number of aliphatic hydroxyl groups is 4. The summed E-state index contributed by atoms with van der Waals surface area (Å²) in [6.07, 6.45) is -4.69. The maximum atomic E-state index is 10.5. The van der Waals surface area contributed by atoms with Crippen molar-refractivity contribution in [3.8, 4) is 5.75 Å². The van der Waals surface area contributed by atoms with Crippen molar-refractivity contribution in [1.29, 1.82) is 0 Å². The number of aliphatic hydroxyl groups excluding tert-OH is 4. The number of phenols is 1. The number of ether oxygens (including phenoxy) is 1. The SMILES string of the molecule is BC1(B)Cc2ccc(Cc3cc([C@@H]4O[C@H](CO)[C@@H](O)[C@H](O)[C@H]4O)c(O)cc3C)cc21. The molecule has 4 rings (SSSR count). The van der Waals surface area contributed by atoms with Gasteiger partial charge in [-0.3, -0.25) is 0 Å². The van der Waals surface area contributed by atoms with Crippen molar-refractivity contribution in [1.82, 2.24) is 0 Å². The van der Waals surface area contributed by atoms with Crippen LogP contribution in [0.4, 0.5) is 0 Å². The van der Waals surface area contributed by atoms with Gasteiger partial charge in [0.25, 0.3) is 0 Å². The average Bonchev–Trinajstić information content (AvgIpc) is 2.69. The van der Waals surface area contributed by atoms with Crippen molar-refractivity contribution in [2.24, 2.45) is 0 Å². The Morgan fingerprint density at radius 3 is 2.47 bits per heavy atom. The Bertz CT molecular complexity index is 961. The molecule has 0 saturated carbocycles. The number of hydrogen-bond donors (Lipinski definition) is 5. The normalized spacial score (nSPS) is 29.8. The molecule has 0 aromatic heterocycles. The van der Waals surface area contributed by atoms with Gasteiger partial charge in [-0.15, -0.1) is 0 Å². The second kappa shape index (κ2) is 7.70. The van der Waals surface area contributed by atoms with Crippen molar-refractivity contribution in [2.75, 3.05) is 6.61 Å². The van der Waals surface area contributed by atoms with E-state index in [2.05, 4.69) is 33.9 Å². The average molecular weight is 410 g/mol. The molecule has 0 unspecified atom stereocenters. The highest BCUT2D eigenvalue weighted by atomic mass is 16.5. The van der Waals surface area contributed by atoms with Gasteiger partial charge in [0.05, 0.1) is 6.61 Å². The molecule has 158 valence electrons. The first-order valence-corrected chi connectivity index (χ1v) is 10.4. The van der Waals surface area contributed by atoms with Gasteiger partial charge in [0.1, 0.15) is 52.0 Å². The van der Waals surface area contributed by atoms with E-state index in [1.807, 2.05) is 6.92 Å². The summed E-state index contributed by atoms with van der Waals surface area (Å²) in [6.45, 7) is 1.41. The first-order valence-electron chi connectivity index (χ1n) is 10.4. The van der Waals surface area contributed by atoms with Gasteiger partial charge in [-0.1, -0.05) is 29.0 Å². The Hall–Kier alpha value is -1.83. The first-order chi connectivity index (χ1) is 14.1. The Labute approximate surface area is 178 Å². The van der Waals surface area contributed by atoms with E-state index < -0.39 is 37.1 Å². The molecule has 0 radical (unpaired) electrons. The fourth-order valence-electron chi connectivity index (χ4n) is 4.74. The second-order valence-corrected chi connectivity index (χ2v) is 9.32. The highest BCUT2D eigenvalue weighted by Crippen LogP contribution is 2.39. The van der Waals surface area contributed by atoms with Crippen LogP contribution in [0.25, 0.3) is 0 Å². The zero-order valence-electron chi connectivity index (χ0n) is 17.5. The quantitative estimate of drug-likeness (QED) is 0.405. The van der Waals surface area contributed by atoms with Crippen LogP contribution in [0.2, 0.25) is 0 Å². The maximum absolute atomic E-state index is 10.5. The molecule has 5 N–H and O–H groups in total. The van der Waals surface area contributed by atoms with Crippen LogP contribution in [0.5, 0.6) is 5.75 Å². The molecule has 30 heavy (non-hydrogen) atoms. The number of aromatic hydroxyl groups is 1. The molecule has 6 nitrogen and oxygen atoms in total. The number of benzene rings is 2. The molecule has 0 bridgehead atoms. The number of phenolic OH excluding ortho intramolecular Hbond substituents is 1. The molecule has 0 amide bonds. The lowest BCUT2D eigenvalue weighted by molar-refractivity contribution is -0.232. The zero-order valence-corrected chi connectivity index (χ0v) is 17.5. The topological polar surface area (TPSA) is 110 Å². The van der Waals surface area contributed by atoms with E-state index in [-0.39, 0.29) is 11.0 Å². The van der Waals surface area contributed by atoms with Crippen LogP contribution in [0, 0.1) is 6.92 Å². The Balaban J connectivity index is 1.66.